The summed E-state index contributed by atoms with van der Waals surface area (Å²) in [6.07, 6.45) is 2.81. The molecular formula is C17H17N3O2. The molecule has 3 aromatic rings. The molecule has 0 fully saturated rings. The largest absolute Gasteiger partial charge is 0.454 e. The maximum atomic E-state index is 5.80. The highest BCUT2D eigenvalue weighted by Crippen LogP contribution is 2.37. The van der Waals surface area contributed by atoms with Gasteiger partial charge in [-0.2, -0.15) is 0 Å². The zero-order valence-corrected chi connectivity index (χ0v) is 12.4. The molecule has 1 aliphatic rings. The fourth-order valence-corrected chi connectivity index (χ4v) is 2.90. The predicted molar refractivity (Wildman–Crippen MR) is 84.2 cm³/mol. The number of pyridine rings is 1. The van der Waals surface area contributed by atoms with Crippen molar-refractivity contribution in [2.24, 2.45) is 5.73 Å². The second-order valence-electron chi connectivity index (χ2n) is 5.40. The highest BCUT2D eigenvalue weighted by Gasteiger charge is 2.18. The number of nitrogens with two attached hydrogens (primary N) is 1. The van der Waals surface area contributed by atoms with Crippen LogP contribution in [0.3, 0.4) is 0 Å². The van der Waals surface area contributed by atoms with Crippen LogP contribution in [0.4, 0.5) is 0 Å². The number of nitrogens with zero attached hydrogens (tertiary/aromatic N) is 2. The molecule has 112 valence electrons. The van der Waals surface area contributed by atoms with E-state index < -0.39 is 0 Å². The van der Waals surface area contributed by atoms with E-state index in [0.717, 1.165) is 46.1 Å². The molecule has 0 unspecified atom stereocenters. The summed E-state index contributed by atoms with van der Waals surface area (Å²) >= 11 is 0. The number of aryl methyl sites for hydroxylation is 1. The van der Waals surface area contributed by atoms with Crippen LogP contribution in [0.1, 0.15) is 11.3 Å². The topological polar surface area (TPSA) is 61.8 Å². The van der Waals surface area contributed by atoms with Crippen molar-refractivity contribution in [3.8, 4) is 22.8 Å². The van der Waals surface area contributed by atoms with Gasteiger partial charge in [-0.3, -0.25) is 0 Å². The van der Waals surface area contributed by atoms with Crippen LogP contribution in [0, 0.1) is 6.92 Å². The third-order valence-electron chi connectivity index (χ3n) is 3.97. The van der Waals surface area contributed by atoms with Gasteiger partial charge in [0.25, 0.3) is 0 Å². The molecule has 0 saturated heterocycles. The van der Waals surface area contributed by atoms with E-state index in [-0.39, 0.29) is 6.79 Å². The Hall–Kier alpha value is -2.53. The lowest BCUT2D eigenvalue weighted by Gasteiger charge is -2.05. The molecule has 0 bridgehead atoms. The zero-order chi connectivity index (χ0) is 15.1. The molecule has 5 nitrogen and oxygen atoms in total. The summed E-state index contributed by atoms with van der Waals surface area (Å²) in [4.78, 5) is 4.84. The van der Waals surface area contributed by atoms with E-state index in [1.807, 2.05) is 30.5 Å². The quantitative estimate of drug-likeness (QED) is 0.806. The molecular weight excluding hydrogens is 278 g/mol. The molecule has 1 aromatic carbocycles. The Morgan fingerprint density at radius 2 is 2.09 bits per heavy atom. The second kappa shape index (κ2) is 5.03. The highest BCUT2D eigenvalue weighted by molar-refractivity contribution is 5.70. The Morgan fingerprint density at radius 3 is 2.95 bits per heavy atom. The van der Waals surface area contributed by atoms with Crippen LogP contribution >= 0.6 is 0 Å². The summed E-state index contributed by atoms with van der Waals surface area (Å²) in [5.74, 6) is 1.55. The highest BCUT2D eigenvalue weighted by atomic mass is 16.7. The minimum Gasteiger partial charge on any atom is -0.454 e. The van der Waals surface area contributed by atoms with Gasteiger partial charge in [0.05, 0.1) is 11.4 Å². The molecule has 3 heterocycles. The SMILES string of the molecule is Cc1cccn2c(CCN)c(-c3ccc4c(c3)OCO4)nc12. The number of ether oxygens (including phenoxy) is 2. The minimum absolute atomic E-state index is 0.277. The van der Waals surface area contributed by atoms with Gasteiger partial charge in [-0.25, -0.2) is 4.98 Å². The van der Waals surface area contributed by atoms with E-state index in [1.165, 1.54) is 0 Å². The van der Waals surface area contributed by atoms with Crippen molar-refractivity contribution in [3.05, 3.63) is 47.8 Å². The molecule has 0 spiro atoms. The lowest BCUT2D eigenvalue weighted by atomic mass is 10.1. The van der Waals surface area contributed by atoms with Crippen LogP contribution in [0.15, 0.2) is 36.5 Å². The van der Waals surface area contributed by atoms with Crippen LogP contribution in [0.25, 0.3) is 16.9 Å². The first-order valence-electron chi connectivity index (χ1n) is 7.34. The smallest absolute Gasteiger partial charge is 0.231 e. The first-order chi connectivity index (χ1) is 10.8. The van der Waals surface area contributed by atoms with Gasteiger partial charge in [0.1, 0.15) is 5.65 Å². The Labute approximate surface area is 128 Å². The molecule has 2 N–H and O–H groups in total. The van der Waals surface area contributed by atoms with Crippen LogP contribution in [0.5, 0.6) is 11.5 Å². The number of rotatable bonds is 3. The van der Waals surface area contributed by atoms with Gasteiger partial charge in [0.2, 0.25) is 6.79 Å². The monoisotopic (exact) mass is 295 g/mol. The fraction of sp³-hybridized carbons (Fsp3) is 0.235. The summed E-state index contributed by atoms with van der Waals surface area (Å²) < 4.78 is 13.0. The normalized spacial score (nSPS) is 13.0. The van der Waals surface area contributed by atoms with E-state index in [2.05, 4.69) is 17.4 Å². The van der Waals surface area contributed by atoms with Gasteiger partial charge in [0, 0.05) is 18.2 Å². The van der Waals surface area contributed by atoms with Gasteiger partial charge >= 0.3 is 0 Å². The minimum atomic E-state index is 0.277. The molecule has 2 aromatic heterocycles. The molecule has 5 heteroatoms. The first kappa shape index (κ1) is 13.2. The number of aromatic nitrogens is 2. The van der Waals surface area contributed by atoms with Gasteiger partial charge in [-0.15, -0.1) is 0 Å². The first-order valence-corrected chi connectivity index (χ1v) is 7.34. The number of benzene rings is 1. The molecule has 22 heavy (non-hydrogen) atoms. The molecule has 4 rings (SSSR count). The van der Waals surface area contributed by atoms with E-state index in [4.69, 9.17) is 20.2 Å². The zero-order valence-electron chi connectivity index (χ0n) is 12.4. The third-order valence-corrected chi connectivity index (χ3v) is 3.97. The summed E-state index contributed by atoms with van der Waals surface area (Å²) in [7, 11) is 0. The maximum Gasteiger partial charge on any atom is 0.231 e. The number of fused-ring (bicyclic) bond motifs is 2. The summed E-state index contributed by atoms with van der Waals surface area (Å²) in [5, 5.41) is 0. The number of hydrogen-bond acceptors (Lipinski definition) is 4. The molecule has 1 aliphatic heterocycles. The predicted octanol–water partition coefficient (Wildman–Crippen LogP) is 2.54. The van der Waals surface area contributed by atoms with Gasteiger partial charge in [0.15, 0.2) is 11.5 Å². The summed E-state index contributed by atoms with van der Waals surface area (Å²) in [6, 6.07) is 10.0. The average molecular weight is 295 g/mol. The van der Waals surface area contributed by atoms with Crippen LogP contribution < -0.4 is 15.2 Å². The molecule has 0 amide bonds. The summed E-state index contributed by atoms with van der Waals surface area (Å²) in [6.45, 7) is 2.93. The lowest BCUT2D eigenvalue weighted by molar-refractivity contribution is 0.174. The molecule has 0 radical (unpaired) electrons. The van der Waals surface area contributed by atoms with Crippen molar-refractivity contribution in [3.63, 3.8) is 0 Å². The number of hydrogen-bond donors (Lipinski definition) is 1. The van der Waals surface area contributed by atoms with E-state index in [9.17, 15) is 0 Å². The molecule has 0 saturated carbocycles. The van der Waals surface area contributed by atoms with Crippen molar-refractivity contribution in [2.45, 2.75) is 13.3 Å². The van der Waals surface area contributed by atoms with Crippen molar-refractivity contribution >= 4 is 5.65 Å². The Balaban J connectivity index is 1.94. The Morgan fingerprint density at radius 1 is 1.23 bits per heavy atom. The van der Waals surface area contributed by atoms with Gasteiger partial charge in [-0.05, 0) is 43.3 Å². The molecule has 0 aliphatic carbocycles. The average Bonchev–Trinajstić information content (AvgIpc) is 3.12. The lowest BCUT2D eigenvalue weighted by Crippen LogP contribution is -2.06. The number of imidazole rings is 1. The van der Waals surface area contributed by atoms with Gasteiger partial charge < -0.3 is 19.6 Å². The Kier molecular flexibility index (Phi) is 3.01. The Bertz CT molecular complexity index is 854. The molecule has 0 atom stereocenters. The van der Waals surface area contributed by atoms with Crippen LogP contribution in [-0.2, 0) is 6.42 Å². The van der Waals surface area contributed by atoms with Crippen molar-refractivity contribution in [1.82, 2.24) is 9.38 Å². The van der Waals surface area contributed by atoms with Gasteiger partial charge in [-0.1, -0.05) is 6.07 Å². The second-order valence-corrected chi connectivity index (χ2v) is 5.40. The van der Waals surface area contributed by atoms with Crippen molar-refractivity contribution in [2.75, 3.05) is 13.3 Å². The fourth-order valence-electron chi connectivity index (χ4n) is 2.90. The van der Waals surface area contributed by atoms with E-state index in [0.29, 0.717) is 6.54 Å². The summed E-state index contributed by atoms with van der Waals surface area (Å²) in [5.41, 5.74) is 11.0. The third kappa shape index (κ3) is 1.94. The van der Waals surface area contributed by atoms with Crippen molar-refractivity contribution < 1.29 is 9.47 Å². The van der Waals surface area contributed by atoms with E-state index >= 15 is 0 Å². The van der Waals surface area contributed by atoms with Crippen LogP contribution in [0.2, 0.25) is 0 Å². The standard InChI is InChI=1S/C17H17N3O2/c1-11-3-2-8-20-13(6-7-18)16(19-17(11)20)12-4-5-14-15(9-12)22-10-21-14/h2-5,8-9H,6-7,10,18H2,1H3. The van der Waals surface area contributed by atoms with E-state index in [1.54, 1.807) is 0 Å². The van der Waals surface area contributed by atoms with Crippen molar-refractivity contribution in [1.29, 1.82) is 0 Å². The van der Waals surface area contributed by atoms with Crippen LogP contribution in [-0.4, -0.2) is 22.7 Å². The maximum absolute atomic E-state index is 5.80.